The van der Waals surface area contributed by atoms with Crippen molar-refractivity contribution < 1.29 is 14.7 Å². The van der Waals surface area contributed by atoms with Crippen LogP contribution in [0, 0.1) is 5.41 Å². The molecular weight excluding hydrogens is 242 g/mol. The van der Waals surface area contributed by atoms with Crippen molar-refractivity contribution in [1.29, 1.82) is 0 Å². The van der Waals surface area contributed by atoms with E-state index in [2.05, 4.69) is 6.58 Å². The Bertz CT molecular complexity index is 343. The zero-order valence-electron chi connectivity index (χ0n) is 12.0. The van der Waals surface area contributed by atoms with E-state index in [1.54, 1.807) is 11.0 Å². The van der Waals surface area contributed by atoms with E-state index >= 15 is 0 Å². The van der Waals surface area contributed by atoms with Gasteiger partial charge in [0.15, 0.2) is 0 Å². The van der Waals surface area contributed by atoms with Crippen LogP contribution in [0.15, 0.2) is 12.7 Å². The number of hydrogen-bond donors (Lipinski definition) is 1. The fourth-order valence-electron chi connectivity index (χ4n) is 3.02. The second kappa shape index (κ2) is 6.73. The molecule has 0 heterocycles. The van der Waals surface area contributed by atoms with Gasteiger partial charge in [0.25, 0.3) is 0 Å². The molecule has 1 amide bonds. The van der Waals surface area contributed by atoms with Crippen LogP contribution < -0.4 is 0 Å². The normalized spacial score (nSPS) is 17.4. The van der Waals surface area contributed by atoms with Gasteiger partial charge in [0.1, 0.15) is 0 Å². The Labute approximate surface area is 115 Å². The van der Waals surface area contributed by atoms with Gasteiger partial charge < -0.3 is 10.0 Å². The third kappa shape index (κ3) is 4.37. The van der Waals surface area contributed by atoms with Gasteiger partial charge >= 0.3 is 5.97 Å². The van der Waals surface area contributed by atoms with Crippen molar-refractivity contribution in [1.82, 2.24) is 4.90 Å². The summed E-state index contributed by atoms with van der Waals surface area (Å²) in [5, 5.41) is 9.06. The lowest BCUT2D eigenvalue weighted by Gasteiger charge is -2.32. The van der Waals surface area contributed by atoms with Gasteiger partial charge in [-0.15, -0.1) is 6.58 Å². The summed E-state index contributed by atoms with van der Waals surface area (Å²) in [6.07, 6.45) is 5.95. The smallest absolute Gasteiger partial charge is 0.303 e. The van der Waals surface area contributed by atoms with Crippen LogP contribution in [-0.4, -0.2) is 34.5 Å². The van der Waals surface area contributed by atoms with E-state index in [0.29, 0.717) is 13.0 Å². The van der Waals surface area contributed by atoms with Crippen LogP contribution in [0.25, 0.3) is 0 Å². The number of carbonyl (C=O) groups is 2. The van der Waals surface area contributed by atoms with E-state index in [-0.39, 0.29) is 23.8 Å². The van der Waals surface area contributed by atoms with Crippen LogP contribution in [0.2, 0.25) is 0 Å². The first-order chi connectivity index (χ1) is 8.90. The molecule has 1 fully saturated rings. The van der Waals surface area contributed by atoms with Crippen LogP contribution in [0.5, 0.6) is 0 Å². The third-order valence-electron chi connectivity index (χ3n) is 3.99. The number of amides is 1. The Kier molecular flexibility index (Phi) is 5.58. The van der Waals surface area contributed by atoms with Crippen molar-refractivity contribution in [2.45, 2.75) is 58.4 Å². The number of hydrogen-bond acceptors (Lipinski definition) is 2. The highest BCUT2D eigenvalue weighted by Crippen LogP contribution is 2.44. The molecule has 0 aromatic rings. The summed E-state index contributed by atoms with van der Waals surface area (Å²) in [4.78, 5) is 25.2. The Morgan fingerprint density at radius 1 is 1.32 bits per heavy atom. The molecule has 0 spiro atoms. The molecule has 19 heavy (non-hydrogen) atoms. The third-order valence-corrected chi connectivity index (χ3v) is 3.99. The van der Waals surface area contributed by atoms with Gasteiger partial charge in [0, 0.05) is 19.0 Å². The quantitative estimate of drug-likeness (QED) is 0.722. The molecule has 4 nitrogen and oxygen atoms in total. The zero-order valence-corrected chi connectivity index (χ0v) is 12.0. The summed E-state index contributed by atoms with van der Waals surface area (Å²) in [7, 11) is 0. The van der Waals surface area contributed by atoms with E-state index in [1.165, 1.54) is 0 Å². The fourth-order valence-corrected chi connectivity index (χ4v) is 3.02. The van der Waals surface area contributed by atoms with Crippen molar-refractivity contribution in [2.24, 2.45) is 5.41 Å². The standard InChI is InChI=1S/C15H25NO3/c1-4-9-16(12(2)3)13(17)10-15(11-14(18)19)7-5-6-8-15/h4,12H,1,5-11H2,2-3H3,(H,18,19). The maximum Gasteiger partial charge on any atom is 0.303 e. The SMILES string of the molecule is C=CCN(C(=O)CC1(CC(=O)O)CCCC1)C(C)C. The summed E-state index contributed by atoms with van der Waals surface area (Å²) in [5.41, 5.74) is -0.322. The average molecular weight is 267 g/mol. The van der Waals surface area contributed by atoms with Crippen LogP contribution in [0.4, 0.5) is 0 Å². The van der Waals surface area contributed by atoms with Crippen LogP contribution in [0.1, 0.15) is 52.4 Å². The minimum atomic E-state index is -0.797. The molecule has 4 heteroatoms. The monoisotopic (exact) mass is 267 g/mol. The Hall–Kier alpha value is -1.32. The number of carboxylic acid groups (broad SMARTS) is 1. The molecule has 1 N–H and O–H groups in total. The Morgan fingerprint density at radius 2 is 1.89 bits per heavy atom. The summed E-state index contributed by atoms with van der Waals surface area (Å²) in [6.45, 7) is 8.15. The highest BCUT2D eigenvalue weighted by Gasteiger charge is 2.39. The molecule has 1 aliphatic rings. The minimum Gasteiger partial charge on any atom is -0.481 e. The Balaban J connectivity index is 2.75. The highest BCUT2D eigenvalue weighted by atomic mass is 16.4. The minimum absolute atomic E-state index is 0.0538. The molecule has 0 bridgehead atoms. The molecule has 108 valence electrons. The van der Waals surface area contributed by atoms with Crippen molar-refractivity contribution in [3.63, 3.8) is 0 Å². The predicted octanol–water partition coefficient (Wildman–Crippen LogP) is 2.83. The van der Waals surface area contributed by atoms with Crippen molar-refractivity contribution in [2.75, 3.05) is 6.54 Å². The van der Waals surface area contributed by atoms with Crippen molar-refractivity contribution in [3.05, 3.63) is 12.7 Å². The zero-order chi connectivity index (χ0) is 14.5. The molecular formula is C15H25NO3. The van der Waals surface area contributed by atoms with Gasteiger partial charge in [0.05, 0.1) is 6.42 Å². The molecule has 0 aliphatic heterocycles. The molecule has 1 aliphatic carbocycles. The van der Waals surface area contributed by atoms with E-state index in [0.717, 1.165) is 25.7 Å². The van der Waals surface area contributed by atoms with Crippen molar-refractivity contribution in [3.8, 4) is 0 Å². The number of carboxylic acids is 1. The lowest BCUT2D eigenvalue weighted by atomic mass is 9.79. The number of rotatable bonds is 7. The summed E-state index contributed by atoms with van der Waals surface area (Å²) < 4.78 is 0. The van der Waals surface area contributed by atoms with Gasteiger partial charge in [-0.2, -0.15) is 0 Å². The van der Waals surface area contributed by atoms with E-state index in [4.69, 9.17) is 5.11 Å². The number of aliphatic carboxylic acids is 1. The predicted molar refractivity (Wildman–Crippen MR) is 74.8 cm³/mol. The number of nitrogens with zero attached hydrogens (tertiary/aromatic N) is 1. The first-order valence-electron chi connectivity index (χ1n) is 7.02. The second-order valence-corrected chi connectivity index (χ2v) is 5.88. The molecule has 0 saturated heterocycles. The molecule has 1 saturated carbocycles. The first-order valence-corrected chi connectivity index (χ1v) is 7.02. The van der Waals surface area contributed by atoms with E-state index in [1.807, 2.05) is 13.8 Å². The topological polar surface area (TPSA) is 57.6 Å². The molecule has 0 aromatic carbocycles. The molecule has 0 aromatic heterocycles. The maximum absolute atomic E-state index is 12.4. The molecule has 1 rings (SSSR count). The van der Waals surface area contributed by atoms with Crippen LogP contribution in [-0.2, 0) is 9.59 Å². The van der Waals surface area contributed by atoms with Crippen LogP contribution in [0.3, 0.4) is 0 Å². The number of carbonyl (C=O) groups excluding carboxylic acids is 1. The van der Waals surface area contributed by atoms with Gasteiger partial charge in [0.2, 0.25) is 5.91 Å². The van der Waals surface area contributed by atoms with Crippen molar-refractivity contribution >= 4 is 11.9 Å². The van der Waals surface area contributed by atoms with Gasteiger partial charge in [-0.25, -0.2) is 0 Å². The van der Waals surface area contributed by atoms with Gasteiger partial charge in [-0.05, 0) is 32.1 Å². The first kappa shape index (κ1) is 15.7. The lowest BCUT2D eigenvalue weighted by molar-refractivity contribution is -0.141. The second-order valence-electron chi connectivity index (χ2n) is 5.88. The summed E-state index contributed by atoms with van der Waals surface area (Å²) in [6, 6.07) is 0.119. The average Bonchev–Trinajstić information content (AvgIpc) is 2.72. The maximum atomic E-state index is 12.4. The Morgan fingerprint density at radius 3 is 2.32 bits per heavy atom. The summed E-state index contributed by atoms with van der Waals surface area (Å²) in [5.74, 6) is -0.743. The lowest BCUT2D eigenvalue weighted by Crippen LogP contribution is -2.40. The molecule has 0 radical (unpaired) electrons. The van der Waals surface area contributed by atoms with Gasteiger partial charge in [-0.3, -0.25) is 9.59 Å². The molecule has 0 atom stereocenters. The van der Waals surface area contributed by atoms with Crippen LogP contribution >= 0.6 is 0 Å². The fraction of sp³-hybridized carbons (Fsp3) is 0.733. The molecule has 0 unspecified atom stereocenters. The van der Waals surface area contributed by atoms with E-state index in [9.17, 15) is 9.59 Å². The van der Waals surface area contributed by atoms with E-state index < -0.39 is 5.97 Å². The summed E-state index contributed by atoms with van der Waals surface area (Å²) >= 11 is 0. The van der Waals surface area contributed by atoms with Gasteiger partial charge in [-0.1, -0.05) is 18.9 Å². The highest BCUT2D eigenvalue weighted by molar-refractivity contribution is 5.78. The largest absolute Gasteiger partial charge is 0.481 e.